The number of nitrogens with zero attached hydrogens (tertiary/aromatic N) is 1. The van der Waals surface area contributed by atoms with Gasteiger partial charge in [-0.05, 0) is 48.3 Å². The summed E-state index contributed by atoms with van der Waals surface area (Å²) >= 11 is 1.79. The third-order valence-corrected chi connectivity index (χ3v) is 5.35. The van der Waals surface area contributed by atoms with Gasteiger partial charge >= 0.3 is 0 Å². The van der Waals surface area contributed by atoms with E-state index in [-0.39, 0.29) is 0 Å². The molecule has 2 atom stereocenters. The van der Waals surface area contributed by atoms with Crippen LogP contribution in [0.5, 0.6) is 0 Å². The first kappa shape index (κ1) is 15.9. The number of rotatable bonds is 4. The SMILES string of the molecule is CSc1ccc(C(CN)N2CCC(C(C)(C)C)C2)cc1. The maximum absolute atomic E-state index is 6.06. The minimum absolute atomic E-state index is 0.373. The highest BCUT2D eigenvalue weighted by Crippen LogP contribution is 2.37. The summed E-state index contributed by atoms with van der Waals surface area (Å²) in [6.07, 6.45) is 3.41. The summed E-state index contributed by atoms with van der Waals surface area (Å²) in [6.45, 7) is 10.1. The second-order valence-corrected chi connectivity index (χ2v) is 7.75. The van der Waals surface area contributed by atoms with Crippen LogP contribution in [0.1, 0.15) is 38.8 Å². The van der Waals surface area contributed by atoms with E-state index in [1.807, 2.05) is 0 Å². The van der Waals surface area contributed by atoms with Gasteiger partial charge in [-0.1, -0.05) is 32.9 Å². The zero-order chi connectivity index (χ0) is 14.8. The molecule has 1 heterocycles. The van der Waals surface area contributed by atoms with Crippen molar-refractivity contribution in [3.8, 4) is 0 Å². The zero-order valence-electron chi connectivity index (χ0n) is 13.2. The Labute approximate surface area is 128 Å². The average Bonchev–Trinajstić information content (AvgIpc) is 2.90. The van der Waals surface area contributed by atoms with Gasteiger partial charge in [-0.15, -0.1) is 11.8 Å². The van der Waals surface area contributed by atoms with Gasteiger partial charge in [0.1, 0.15) is 0 Å². The highest BCUT2D eigenvalue weighted by Gasteiger charge is 2.34. The number of benzene rings is 1. The molecule has 1 aliphatic heterocycles. The highest BCUT2D eigenvalue weighted by molar-refractivity contribution is 7.98. The van der Waals surface area contributed by atoms with Gasteiger partial charge in [-0.2, -0.15) is 0 Å². The summed E-state index contributed by atoms with van der Waals surface area (Å²) in [5.74, 6) is 0.780. The third-order valence-electron chi connectivity index (χ3n) is 4.61. The van der Waals surface area contributed by atoms with Crippen molar-refractivity contribution in [2.24, 2.45) is 17.1 Å². The van der Waals surface area contributed by atoms with Crippen molar-refractivity contribution in [2.75, 3.05) is 25.9 Å². The fourth-order valence-corrected chi connectivity index (χ4v) is 3.51. The fraction of sp³-hybridized carbons (Fsp3) is 0.647. The maximum atomic E-state index is 6.06. The Kier molecular flexibility index (Phi) is 5.16. The van der Waals surface area contributed by atoms with Crippen molar-refractivity contribution in [1.82, 2.24) is 4.90 Å². The van der Waals surface area contributed by atoms with Crippen LogP contribution in [0, 0.1) is 11.3 Å². The van der Waals surface area contributed by atoms with Crippen molar-refractivity contribution in [3.05, 3.63) is 29.8 Å². The number of hydrogen-bond donors (Lipinski definition) is 1. The third kappa shape index (κ3) is 3.57. The van der Waals surface area contributed by atoms with Crippen LogP contribution in [0.15, 0.2) is 29.2 Å². The lowest BCUT2D eigenvalue weighted by atomic mass is 9.80. The molecule has 0 amide bonds. The number of nitrogens with two attached hydrogens (primary N) is 1. The zero-order valence-corrected chi connectivity index (χ0v) is 14.0. The second-order valence-electron chi connectivity index (χ2n) is 6.87. The van der Waals surface area contributed by atoms with Crippen LogP contribution in [0.4, 0.5) is 0 Å². The molecule has 0 radical (unpaired) electrons. The van der Waals surface area contributed by atoms with Crippen LogP contribution in [-0.4, -0.2) is 30.8 Å². The van der Waals surface area contributed by atoms with Crippen LogP contribution >= 0.6 is 11.8 Å². The Balaban J connectivity index is 2.09. The number of hydrogen-bond acceptors (Lipinski definition) is 3. The molecule has 0 bridgehead atoms. The summed E-state index contributed by atoms with van der Waals surface area (Å²) in [5.41, 5.74) is 7.82. The van der Waals surface area contributed by atoms with E-state index >= 15 is 0 Å². The van der Waals surface area contributed by atoms with E-state index in [2.05, 4.69) is 56.2 Å². The van der Waals surface area contributed by atoms with Gasteiger partial charge in [0.05, 0.1) is 0 Å². The van der Waals surface area contributed by atoms with Gasteiger partial charge in [-0.3, -0.25) is 4.90 Å². The van der Waals surface area contributed by atoms with Gasteiger partial charge in [0.2, 0.25) is 0 Å². The summed E-state index contributed by atoms with van der Waals surface area (Å²) in [5, 5.41) is 0. The summed E-state index contributed by atoms with van der Waals surface area (Å²) in [4.78, 5) is 3.89. The highest BCUT2D eigenvalue weighted by atomic mass is 32.2. The van der Waals surface area contributed by atoms with E-state index in [0.717, 1.165) is 5.92 Å². The van der Waals surface area contributed by atoms with Crippen molar-refractivity contribution < 1.29 is 0 Å². The Morgan fingerprint density at radius 2 is 1.95 bits per heavy atom. The molecule has 1 fully saturated rings. The largest absolute Gasteiger partial charge is 0.329 e. The van der Waals surface area contributed by atoms with E-state index in [1.54, 1.807) is 11.8 Å². The molecule has 0 spiro atoms. The molecule has 3 heteroatoms. The normalized spacial score (nSPS) is 22.1. The van der Waals surface area contributed by atoms with Gasteiger partial charge in [0.15, 0.2) is 0 Å². The summed E-state index contributed by atoms with van der Waals surface area (Å²) < 4.78 is 0. The minimum atomic E-state index is 0.373. The van der Waals surface area contributed by atoms with E-state index in [4.69, 9.17) is 5.73 Å². The summed E-state index contributed by atoms with van der Waals surface area (Å²) in [7, 11) is 0. The smallest absolute Gasteiger partial charge is 0.0470 e. The van der Waals surface area contributed by atoms with Crippen LogP contribution in [-0.2, 0) is 0 Å². The first-order chi connectivity index (χ1) is 9.45. The Bertz CT molecular complexity index is 422. The molecule has 0 saturated carbocycles. The monoisotopic (exact) mass is 292 g/mol. The van der Waals surface area contributed by atoms with Crippen LogP contribution in [0.2, 0.25) is 0 Å². The molecule has 0 aromatic heterocycles. The fourth-order valence-electron chi connectivity index (χ4n) is 3.10. The molecule has 2 rings (SSSR count). The standard InChI is InChI=1S/C17H28N2S/c1-17(2,3)14-9-10-19(12-14)16(11-18)13-5-7-15(20-4)8-6-13/h5-8,14,16H,9-12,18H2,1-4H3. The van der Waals surface area contributed by atoms with Crippen LogP contribution < -0.4 is 5.73 Å². The molecular formula is C17H28N2S. The van der Waals surface area contributed by atoms with Gasteiger partial charge in [0, 0.05) is 24.0 Å². The number of thioether (sulfide) groups is 1. The van der Waals surface area contributed by atoms with Gasteiger partial charge in [-0.25, -0.2) is 0 Å². The predicted octanol–water partition coefficient (Wildman–Crippen LogP) is 3.78. The molecule has 20 heavy (non-hydrogen) atoms. The molecule has 1 aliphatic rings. The van der Waals surface area contributed by atoms with E-state index in [9.17, 15) is 0 Å². The molecule has 1 saturated heterocycles. The van der Waals surface area contributed by atoms with E-state index in [0.29, 0.717) is 18.0 Å². The maximum Gasteiger partial charge on any atom is 0.0470 e. The molecule has 1 aromatic rings. The van der Waals surface area contributed by atoms with Crippen molar-refractivity contribution in [2.45, 2.75) is 38.1 Å². The molecular weight excluding hydrogens is 264 g/mol. The molecule has 1 aromatic carbocycles. The Morgan fingerprint density at radius 1 is 1.30 bits per heavy atom. The van der Waals surface area contributed by atoms with E-state index in [1.165, 1.54) is 30.0 Å². The lowest BCUT2D eigenvalue weighted by Gasteiger charge is -2.30. The van der Waals surface area contributed by atoms with Crippen molar-refractivity contribution in [1.29, 1.82) is 0 Å². The minimum Gasteiger partial charge on any atom is -0.329 e. The van der Waals surface area contributed by atoms with Crippen LogP contribution in [0.3, 0.4) is 0 Å². The van der Waals surface area contributed by atoms with Crippen molar-refractivity contribution in [3.63, 3.8) is 0 Å². The molecule has 2 N–H and O–H groups in total. The van der Waals surface area contributed by atoms with Gasteiger partial charge in [0.25, 0.3) is 0 Å². The van der Waals surface area contributed by atoms with E-state index < -0.39 is 0 Å². The lowest BCUT2D eigenvalue weighted by molar-refractivity contribution is 0.197. The lowest BCUT2D eigenvalue weighted by Crippen LogP contribution is -2.33. The predicted molar refractivity (Wildman–Crippen MR) is 89.2 cm³/mol. The first-order valence-corrected chi connectivity index (χ1v) is 8.76. The quantitative estimate of drug-likeness (QED) is 0.856. The molecule has 0 aliphatic carbocycles. The second kappa shape index (κ2) is 6.50. The first-order valence-electron chi connectivity index (χ1n) is 7.53. The Hall–Kier alpha value is -0.510. The molecule has 2 unspecified atom stereocenters. The topological polar surface area (TPSA) is 29.3 Å². The molecule has 112 valence electrons. The van der Waals surface area contributed by atoms with Crippen molar-refractivity contribution >= 4 is 11.8 Å². The Morgan fingerprint density at radius 3 is 2.40 bits per heavy atom. The number of likely N-dealkylation sites (tertiary alicyclic amines) is 1. The molecule has 2 nitrogen and oxygen atoms in total. The van der Waals surface area contributed by atoms with Crippen LogP contribution in [0.25, 0.3) is 0 Å². The summed E-state index contributed by atoms with van der Waals surface area (Å²) in [6, 6.07) is 9.28. The van der Waals surface area contributed by atoms with Gasteiger partial charge < -0.3 is 5.73 Å². The average molecular weight is 292 g/mol.